The highest BCUT2D eigenvalue weighted by atomic mass is 32.2. The molecule has 0 aromatic heterocycles. The molecule has 0 bridgehead atoms. The monoisotopic (exact) mass is 296 g/mol. The van der Waals surface area contributed by atoms with E-state index in [4.69, 9.17) is 5.73 Å². The molecule has 2 N–H and O–H groups in total. The van der Waals surface area contributed by atoms with E-state index < -0.39 is 10.0 Å². The zero-order valence-electron chi connectivity index (χ0n) is 12.2. The highest BCUT2D eigenvalue weighted by Gasteiger charge is 2.31. The molecule has 2 atom stereocenters. The Morgan fingerprint density at radius 3 is 2.65 bits per heavy atom. The van der Waals surface area contributed by atoms with Gasteiger partial charge in [0, 0.05) is 18.8 Å². The van der Waals surface area contributed by atoms with Gasteiger partial charge in [-0.25, -0.2) is 12.7 Å². The third-order valence-corrected chi connectivity index (χ3v) is 6.12. The van der Waals surface area contributed by atoms with Crippen LogP contribution < -0.4 is 5.73 Å². The van der Waals surface area contributed by atoms with Crippen molar-refractivity contribution in [3.63, 3.8) is 0 Å². The molecule has 0 heterocycles. The van der Waals surface area contributed by atoms with E-state index in [1.807, 2.05) is 6.07 Å². The highest BCUT2D eigenvalue weighted by molar-refractivity contribution is 7.88. The van der Waals surface area contributed by atoms with Gasteiger partial charge in [-0.1, -0.05) is 31.9 Å². The molecule has 2 rings (SSSR count). The first-order valence-corrected chi connectivity index (χ1v) is 8.81. The number of hydrogen-bond acceptors (Lipinski definition) is 3. The Bertz CT molecular complexity index is 557. The van der Waals surface area contributed by atoms with Crippen molar-refractivity contribution in [1.82, 2.24) is 4.31 Å². The molecule has 1 saturated carbocycles. The summed E-state index contributed by atoms with van der Waals surface area (Å²) >= 11 is 0. The average molecular weight is 296 g/mol. The van der Waals surface area contributed by atoms with Crippen molar-refractivity contribution < 1.29 is 8.42 Å². The van der Waals surface area contributed by atoms with E-state index in [1.54, 1.807) is 29.6 Å². The molecular formula is C15H24N2O2S. The maximum atomic E-state index is 12.5. The molecule has 0 radical (unpaired) electrons. The van der Waals surface area contributed by atoms with Gasteiger partial charge >= 0.3 is 0 Å². The zero-order chi connectivity index (χ0) is 14.8. The van der Waals surface area contributed by atoms with Crippen LogP contribution in [-0.4, -0.2) is 25.8 Å². The second-order valence-electron chi connectivity index (χ2n) is 5.85. The van der Waals surface area contributed by atoms with E-state index >= 15 is 0 Å². The van der Waals surface area contributed by atoms with Gasteiger partial charge in [0.1, 0.15) is 0 Å². The van der Waals surface area contributed by atoms with Gasteiger partial charge < -0.3 is 5.73 Å². The fourth-order valence-electron chi connectivity index (χ4n) is 3.04. The van der Waals surface area contributed by atoms with Crippen molar-refractivity contribution in [2.45, 2.75) is 44.4 Å². The van der Waals surface area contributed by atoms with Crippen molar-refractivity contribution in [2.24, 2.45) is 5.92 Å². The Labute approximate surface area is 122 Å². The minimum atomic E-state index is -3.28. The lowest BCUT2D eigenvalue weighted by atomic mass is 9.86. The van der Waals surface area contributed by atoms with Gasteiger partial charge in [-0.3, -0.25) is 0 Å². The molecular weight excluding hydrogens is 272 g/mol. The van der Waals surface area contributed by atoms with Crippen LogP contribution in [0, 0.1) is 5.92 Å². The van der Waals surface area contributed by atoms with Crippen LogP contribution >= 0.6 is 0 Å². The molecule has 20 heavy (non-hydrogen) atoms. The molecule has 1 aliphatic carbocycles. The number of benzene rings is 1. The second-order valence-corrected chi connectivity index (χ2v) is 7.88. The highest BCUT2D eigenvalue weighted by Crippen LogP contribution is 2.29. The van der Waals surface area contributed by atoms with Crippen molar-refractivity contribution >= 4 is 15.7 Å². The summed E-state index contributed by atoms with van der Waals surface area (Å²) < 4.78 is 26.7. The largest absolute Gasteiger partial charge is 0.399 e. The third kappa shape index (κ3) is 3.52. The van der Waals surface area contributed by atoms with Crippen LogP contribution in [0.1, 0.15) is 38.2 Å². The summed E-state index contributed by atoms with van der Waals surface area (Å²) in [6, 6.07) is 7.24. The van der Waals surface area contributed by atoms with Crippen LogP contribution in [0.5, 0.6) is 0 Å². The predicted molar refractivity (Wildman–Crippen MR) is 82.7 cm³/mol. The Morgan fingerprint density at radius 2 is 2.00 bits per heavy atom. The first-order chi connectivity index (χ1) is 9.40. The van der Waals surface area contributed by atoms with E-state index in [2.05, 4.69) is 6.92 Å². The SMILES string of the molecule is CC1CCCCC1N(C)S(=O)(=O)Cc1cccc(N)c1. The normalized spacial score (nSPS) is 23.9. The lowest BCUT2D eigenvalue weighted by Gasteiger charge is -2.35. The Morgan fingerprint density at radius 1 is 1.30 bits per heavy atom. The fourth-order valence-corrected chi connectivity index (χ4v) is 4.57. The van der Waals surface area contributed by atoms with Gasteiger partial charge in [-0.15, -0.1) is 0 Å². The van der Waals surface area contributed by atoms with Crippen molar-refractivity contribution in [2.75, 3.05) is 12.8 Å². The Balaban J connectivity index is 2.13. The summed E-state index contributed by atoms with van der Waals surface area (Å²) in [5.41, 5.74) is 7.06. The molecule has 1 fully saturated rings. The molecule has 5 heteroatoms. The van der Waals surface area contributed by atoms with E-state index in [-0.39, 0.29) is 11.8 Å². The molecule has 0 saturated heterocycles. The Hall–Kier alpha value is -1.07. The van der Waals surface area contributed by atoms with Crippen LogP contribution in [-0.2, 0) is 15.8 Å². The number of nitrogens with zero attached hydrogens (tertiary/aromatic N) is 1. The van der Waals surface area contributed by atoms with E-state index in [0.29, 0.717) is 11.6 Å². The van der Waals surface area contributed by atoms with E-state index in [0.717, 1.165) is 24.8 Å². The molecule has 0 spiro atoms. The maximum absolute atomic E-state index is 12.5. The van der Waals surface area contributed by atoms with Gasteiger partial charge in [0.05, 0.1) is 5.75 Å². The molecule has 112 valence electrons. The summed E-state index contributed by atoms with van der Waals surface area (Å²) in [5, 5.41) is 0. The van der Waals surface area contributed by atoms with Gasteiger partial charge in [-0.2, -0.15) is 0 Å². The zero-order valence-corrected chi connectivity index (χ0v) is 13.1. The maximum Gasteiger partial charge on any atom is 0.218 e. The number of nitrogen functional groups attached to an aromatic ring is 1. The summed E-state index contributed by atoms with van der Waals surface area (Å²) in [4.78, 5) is 0. The summed E-state index contributed by atoms with van der Waals surface area (Å²) in [5.74, 6) is 0.460. The smallest absolute Gasteiger partial charge is 0.218 e. The van der Waals surface area contributed by atoms with Gasteiger partial charge in [0.15, 0.2) is 0 Å². The first kappa shape index (κ1) is 15.3. The quantitative estimate of drug-likeness (QED) is 0.869. The van der Waals surface area contributed by atoms with Crippen molar-refractivity contribution in [3.05, 3.63) is 29.8 Å². The van der Waals surface area contributed by atoms with Crippen LogP contribution in [0.25, 0.3) is 0 Å². The number of sulfonamides is 1. The number of nitrogens with two attached hydrogens (primary N) is 1. The van der Waals surface area contributed by atoms with Crippen LogP contribution in [0.4, 0.5) is 5.69 Å². The molecule has 0 aliphatic heterocycles. The predicted octanol–water partition coefficient (Wildman–Crippen LogP) is 2.61. The second kappa shape index (κ2) is 6.14. The van der Waals surface area contributed by atoms with Gasteiger partial charge in [0.2, 0.25) is 10.0 Å². The van der Waals surface area contributed by atoms with E-state index in [9.17, 15) is 8.42 Å². The topological polar surface area (TPSA) is 63.4 Å². The van der Waals surface area contributed by atoms with Crippen LogP contribution in [0.3, 0.4) is 0 Å². The van der Waals surface area contributed by atoms with E-state index in [1.165, 1.54) is 6.42 Å². The number of hydrogen-bond donors (Lipinski definition) is 1. The summed E-state index contributed by atoms with van der Waals surface area (Å²) in [6.07, 6.45) is 4.41. The molecule has 2 unspecified atom stereocenters. The lowest BCUT2D eigenvalue weighted by molar-refractivity contribution is 0.213. The van der Waals surface area contributed by atoms with Crippen LogP contribution in [0.2, 0.25) is 0 Å². The summed E-state index contributed by atoms with van der Waals surface area (Å²) in [6.45, 7) is 2.15. The van der Waals surface area contributed by atoms with Gasteiger partial charge in [0.25, 0.3) is 0 Å². The summed E-state index contributed by atoms with van der Waals surface area (Å²) in [7, 11) is -1.57. The first-order valence-electron chi connectivity index (χ1n) is 7.20. The van der Waals surface area contributed by atoms with Crippen molar-refractivity contribution in [1.29, 1.82) is 0 Å². The molecule has 0 amide bonds. The average Bonchev–Trinajstić information content (AvgIpc) is 2.38. The molecule has 1 aliphatic rings. The third-order valence-electron chi connectivity index (χ3n) is 4.27. The molecule has 1 aromatic carbocycles. The Kier molecular flexibility index (Phi) is 4.70. The number of rotatable bonds is 4. The molecule has 4 nitrogen and oxygen atoms in total. The number of anilines is 1. The minimum Gasteiger partial charge on any atom is -0.399 e. The molecule has 1 aromatic rings. The standard InChI is InChI=1S/C15H24N2O2S/c1-12-6-3-4-9-15(12)17(2)20(18,19)11-13-7-5-8-14(16)10-13/h5,7-8,10,12,15H,3-4,6,9,11,16H2,1-2H3. The van der Waals surface area contributed by atoms with Gasteiger partial charge in [-0.05, 0) is 36.5 Å². The van der Waals surface area contributed by atoms with Crippen LogP contribution in [0.15, 0.2) is 24.3 Å². The van der Waals surface area contributed by atoms with Crippen molar-refractivity contribution in [3.8, 4) is 0 Å². The fraction of sp³-hybridized carbons (Fsp3) is 0.600. The lowest BCUT2D eigenvalue weighted by Crippen LogP contribution is -2.43. The minimum absolute atomic E-state index is 0.0256.